The fourth-order valence-electron chi connectivity index (χ4n) is 0. The van der Waals surface area contributed by atoms with Crippen molar-refractivity contribution in [1.29, 1.82) is 0 Å². The number of hydrogen-bond acceptors (Lipinski definition) is 0. The van der Waals surface area contributed by atoms with E-state index in [-0.39, 0.29) is 87.2 Å². The van der Waals surface area contributed by atoms with Gasteiger partial charge in [-0.1, -0.05) is 0 Å². The van der Waals surface area contributed by atoms with Crippen molar-refractivity contribution in [3.63, 3.8) is 0 Å². The van der Waals surface area contributed by atoms with Crippen molar-refractivity contribution in [3.8, 4) is 0 Å². The molecule has 26 valence electrons. The standard InChI is InChI=1S/Al.3BrH.Li.H/h;3*1H;;/q+3;;;;;/p-3. The quantitative estimate of drug-likeness (QED) is 0.385. The Labute approximate surface area is 86.1 Å². The molecule has 0 N–H and O–H groups in total. The van der Waals surface area contributed by atoms with Gasteiger partial charge in [0.15, 0.2) is 0 Å². The second kappa shape index (κ2) is 30.9. The maximum absolute atomic E-state index is 0. The molecule has 0 nitrogen and oxygen atoms in total. The molecule has 0 aromatic carbocycles. The van der Waals surface area contributed by atoms with E-state index in [0.717, 1.165) is 0 Å². The predicted molar refractivity (Wildman–Crippen MR) is 12.9 cm³/mol. The molecule has 0 bridgehead atoms. The molecule has 0 amide bonds. The van der Waals surface area contributed by atoms with Gasteiger partial charge >= 0.3 is 36.2 Å². The van der Waals surface area contributed by atoms with Crippen LogP contribution in [0.1, 0.15) is 0 Å². The van der Waals surface area contributed by atoms with Crippen molar-refractivity contribution in [2.75, 3.05) is 0 Å². The molecule has 0 aliphatic heterocycles. The summed E-state index contributed by atoms with van der Waals surface area (Å²) in [5.41, 5.74) is 0. The molecule has 5 heavy (non-hydrogen) atoms. The zero-order valence-corrected chi connectivity index (χ0v) is 7.62. The summed E-state index contributed by atoms with van der Waals surface area (Å²) >= 11 is 0. The molecule has 0 saturated heterocycles. The zero-order valence-electron chi connectivity index (χ0n) is 1.71. The molecule has 5 heteroatoms. The summed E-state index contributed by atoms with van der Waals surface area (Å²) in [4.78, 5) is 0. The Hall–Kier alpha value is 2.57. The van der Waals surface area contributed by atoms with Crippen LogP contribution in [0.3, 0.4) is 0 Å². The first-order valence-electron chi connectivity index (χ1n) is 0. The summed E-state index contributed by atoms with van der Waals surface area (Å²) in [5.74, 6) is 0. The molecule has 0 rings (SSSR count). The Morgan fingerprint density at radius 3 is 0.600 bits per heavy atom. The van der Waals surface area contributed by atoms with E-state index < -0.39 is 0 Å². The predicted octanol–water partition coefficient (Wildman–Crippen LogP) is -10.0. The minimum atomic E-state index is 0. The Balaban J connectivity index is 0. The molecule has 0 fully saturated rings. The van der Waals surface area contributed by atoms with E-state index in [9.17, 15) is 0 Å². The Morgan fingerprint density at radius 2 is 0.600 bits per heavy atom. The van der Waals surface area contributed by atoms with Crippen molar-refractivity contribution in [3.05, 3.63) is 0 Å². The first kappa shape index (κ1) is 49.5. The molecular formula is HAlBr3Li. The van der Waals surface area contributed by atoms with Crippen LogP contribution in [-0.2, 0) is 0 Å². The van der Waals surface area contributed by atoms with Gasteiger partial charge in [-0.05, 0) is 0 Å². The van der Waals surface area contributed by atoms with Gasteiger partial charge in [0, 0.05) is 0 Å². The van der Waals surface area contributed by atoms with Gasteiger partial charge in [-0.25, -0.2) is 0 Å². The van der Waals surface area contributed by atoms with Crippen molar-refractivity contribution in [2.45, 2.75) is 0 Å². The van der Waals surface area contributed by atoms with Crippen molar-refractivity contribution < 1.29 is 50.9 Å². The molecule has 0 unspecified atom stereocenters. The summed E-state index contributed by atoms with van der Waals surface area (Å²) in [6.07, 6.45) is 0. The summed E-state index contributed by atoms with van der Waals surface area (Å²) in [5, 5.41) is 0. The van der Waals surface area contributed by atoms with Crippen LogP contribution in [0, 0.1) is 0 Å². The number of halogens is 3. The summed E-state index contributed by atoms with van der Waals surface area (Å²) in [7, 11) is 0. The minimum absolute atomic E-state index is 0. The van der Waals surface area contributed by atoms with E-state index >= 15 is 0 Å². The van der Waals surface area contributed by atoms with E-state index in [1.807, 2.05) is 0 Å². The molecule has 0 heterocycles. The molecular weight excluding hydrogens is 274 g/mol. The third-order valence-electron chi connectivity index (χ3n) is 0. The van der Waals surface area contributed by atoms with Crippen LogP contribution < -0.4 is 50.9 Å². The summed E-state index contributed by atoms with van der Waals surface area (Å²) in [6.45, 7) is 0. The Bertz CT molecular complexity index is 6.85. The molecule has 0 aromatic heterocycles. The third-order valence-corrected chi connectivity index (χ3v) is 0. The van der Waals surface area contributed by atoms with Gasteiger partial charge < -0.3 is 50.9 Å². The van der Waals surface area contributed by atoms with Crippen molar-refractivity contribution >= 4 is 36.2 Å². The van der Waals surface area contributed by atoms with Gasteiger partial charge in [0.25, 0.3) is 0 Å². The molecule has 0 aliphatic carbocycles. The summed E-state index contributed by atoms with van der Waals surface area (Å²) < 4.78 is 0. The first-order valence-corrected chi connectivity index (χ1v) is 0. The van der Waals surface area contributed by atoms with Crippen LogP contribution >= 0.6 is 0 Å². The van der Waals surface area contributed by atoms with Crippen LogP contribution in [0.4, 0.5) is 0 Å². The zero-order chi connectivity index (χ0) is 0. The molecule has 0 spiro atoms. The molecule has 0 aromatic rings. The third kappa shape index (κ3) is 20.8. The van der Waals surface area contributed by atoms with Gasteiger partial charge in [-0.2, -0.15) is 0 Å². The molecule has 0 saturated carbocycles. The Morgan fingerprint density at radius 1 is 0.600 bits per heavy atom. The maximum atomic E-state index is 0. The van der Waals surface area contributed by atoms with E-state index in [2.05, 4.69) is 0 Å². The second-order valence-electron chi connectivity index (χ2n) is 0. The van der Waals surface area contributed by atoms with Crippen LogP contribution in [0.5, 0.6) is 0 Å². The van der Waals surface area contributed by atoms with Crippen LogP contribution in [0.25, 0.3) is 0 Å². The molecule has 0 radical (unpaired) electrons. The monoisotopic (exact) mass is 272 g/mol. The summed E-state index contributed by atoms with van der Waals surface area (Å²) in [6, 6.07) is 0. The topological polar surface area (TPSA) is 0 Å². The fraction of sp³-hybridized carbons (Fsp3) is 0. The van der Waals surface area contributed by atoms with E-state index in [1.54, 1.807) is 0 Å². The molecule has 0 aliphatic rings. The molecule has 0 atom stereocenters. The van der Waals surface area contributed by atoms with Gasteiger partial charge in [0.05, 0.1) is 0 Å². The van der Waals surface area contributed by atoms with Gasteiger partial charge in [-0.3, -0.25) is 0 Å². The SMILES string of the molecule is [Al+3].[Br-].[Br-].[Br-].[LiH]. The van der Waals surface area contributed by atoms with Gasteiger partial charge in [0.1, 0.15) is 0 Å². The van der Waals surface area contributed by atoms with Crippen molar-refractivity contribution in [2.24, 2.45) is 0 Å². The van der Waals surface area contributed by atoms with E-state index in [4.69, 9.17) is 0 Å². The van der Waals surface area contributed by atoms with Gasteiger partial charge in [-0.15, -0.1) is 0 Å². The van der Waals surface area contributed by atoms with Crippen molar-refractivity contribution in [1.82, 2.24) is 0 Å². The Kier molecular flexibility index (Phi) is 305. The fourth-order valence-corrected chi connectivity index (χ4v) is 0. The van der Waals surface area contributed by atoms with Crippen LogP contribution in [-0.4, -0.2) is 36.2 Å². The van der Waals surface area contributed by atoms with Gasteiger partial charge in [0.2, 0.25) is 0 Å². The van der Waals surface area contributed by atoms with Crippen LogP contribution in [0.15, 0.2) is 0 Å². The normalized spacial score (nSPS) is 0. The average molecular weight is 275 g/mol. The van der Waals surface area contributed by atoms with E-state index in [1.165, 1.54) is 0 Å². The second-order valence-corrected chi connectivity index (χ2v) is 0. The van der Waals surface area contributed by atoms with E-state index in [0.29, 0.717) is 0 Å². The van der Waals surface area contributed by atoms with Crippen LogP contribution in [0.2, 0.25) is 0 Å². The average Bonchev–Trinajstić information content (AvgIpc) is 0. The number of rotatable bonds is 0. The number of hydrogen-bond donors (Lipinski definition) is 0. The first-order chi connectivity index (χ1) is 0.